The molecule has 0 aliphatic carbocycles. The highest BCUT2D eigenvalue weighted by Crippen LogP contribution is 2.29. The molecule has 0 atom stereocenters. The Balaban J connectivity index is 0.00000196. The third-order valence-electron chi connectivity index (χ3n) is 2.08. The second-order valence-corrected chi connectivity index (χ2v) is 3.03. The summed E-state index contributed by atoms with van der Waals surface area (Å²) in [6.07, 6.45) is 0.251. The summed E-state index contributed by atoms with van der Waals surface area (Å²) in [7, 11) is 0. The Bertz CT molecular complexity index is 369. The molecule has 0 radical (unpaired) electrons. The van der Waals surface area contributed by atoms with Gasteiger partial charge in [0.25, 0.3) is 5.69 Å². The number of benzene rings is 1. The van der Waals surface area contributed by atoms with Crippen molar-refractivity contribution in [2.24, 2.45) is 0 Å². The molecule has 0 aromatic heterocycles. The van der Waals surface area contributed by atoms with E-state index in [1.54, 1.807) is 19.1 Å². The van der Waals surface area contributed by atoms with Crippen LogP contribution in [0, 0.1) is 17.0 Å². The minimum absolute atomic E-state index is 0. The van der Waals surface area contributed by atoms with Gasteiger partial charge in [0.15, 0.2) is 0 Å². The van der Waals surface area contributed by atoms with Crippen molar-refractivity contribution in [2.75, 3.05) is 12.3 Å². The summed E-state index contributed by atoms with van der Waals surface area (Å²) < 4.78 is 0. The van der Waals surface area contributed by atoms with E-state index in [0.717, 1.165) is 0 Å². The van der Waals surface area contributed by atoms with E-state index in [0.29, 0.717) is 11.1 Å². The number of hydrogen-bond donors (Lipinski definition) is 2. The van der Waals surface area contributed by atoms with Gasteiger partial charge < -0.3 is 10.8 Å². The van der Waals surface area contributed by atoms with Crippen LogP contribution < -0.4 is 5.73 Å². The third kappa shape index (κ3) is 2.81. The lowest BCUT2D eigenvalue weighted by molar-refractivity contribution is -0.384. The number of aliphatic hydroxyl groups is 1. The second kappa shape index (κ2) is 5.53. The largest absolute Gasteiger partial charge is 0.396 e. The van der Waals surface area contributed by atoms with Crippen molar-refractivity contribution in [3.63, 3.8) is 0 Å². The monoisotopic (exact) mass is 232 g/mol. The van der Waals surface area contributed by atoms with Crippen LogP contribution in [0.3, 0.4) is 0 Å². The molecule has 0 saturated heterocycles. The Morgan fingerprint density at radius 3 is 2.60 bits per heavy atom. The highest BCUT2D eigenvalue weighted by atomic mass is 35.5. The number of aryl methyl sites for hydroxylation is 1. The number of hydrogen-bond acceptors (Lipinski definition) is 4. The fourth-order valence-corrected chi connectivity index (χ4v) is 1.29. The van der Waals surface area contributed by atoms with Gasteiger partial charge in [-0.25, -0.2) is 0 Å². The molecule has 3 N–H and O–H groups in total. The van der Waals surface area contributed by atoms with E-state index in [1.807, 2.05) is 0 Å². The van der Waals surface area contributed by atoms with Gasteiger partial charge in [0.05, 0.1) is 4.92 Å². The van der Waals surface area contributed by atoms with Crippen LogP contribution in [0.15, 0.2) is 12.1 Å². The number of anilines is 1. The third-order valence-corrected chi connectivity index (χ3v) is 2.08. The van der Waals surface area contributed by atoms with E-state index in [1.165, 1.54) is 0 Å². The molecule has 15 heavy (non-hydrogen) atoms. The quantitative estimate of drug-likeness (QED) is 0.469. The lowest BCUT2D eigenvalue weighted by Gasteiger charge is -2.05. The molecule has 0 aliphatic heterocycles. The number of nitrogen functional groups attached to an aromatic ring is 1. The number of nitrogens with zero attached hydrogens (tertiary/aromatic N) is 1. The molecule has 1 aromatic rings. The summed E-state index contributed by atoms with van der Waals surface area (Å²) >= 11 is 0. The normalized spacial score (nSPS) is 9.47. The first-order chi connectivity index (χ1) is 6.57. The van der Waals surface area contributed by atoms with Crippen LogP contribution in [-0.4, -0.2) is 16.6 Å². The van der Waals surface area contributed by atoms with Crippen molar-refractivity contribution in [3.05, 3.63) is 33.4 Å². The summed E-state index contributed by atoms with van der Waals surface area (Å²) in [4.78, 5) is 10.2. The molecule has 5 nitrogen and oxygen atoms in total. The van der Waals surface area contributed by atoms with Crippen molar-refractivity contribution < 1.29 is 10.0 Å². The van der Waals surface area contributed by atoms with Gasteiger partial charge in [0.1, 0.15) is 5.69 Å². The SMILES string of the molecule is Cc1ccc(CCO)c([N+](=O)[O-])c1N.Cl. The molecular weight excluding hydrogens is 220 g/mol. The number of nitro benzene ring substituents is 1. The van der Waals surface area contributed by atoms with Crippen LogP contribution in [0.5, 0.6) is 0 Å². The number of rotatable bonds is 3. The summed E-state index contributed by atoms with van der Waals surface area (Å²) in [6, 6.07) is 3.34. The Labute approximate surface area is 93.5 Å². The first-order valence-electron chi connectivity index (χ1n) is 4.21. The molecule has 0 unspecified atom stereocenters. The molecule has 0 amide bonds. The number of nitrogens with two attached hydrogens (primary N) is 1. The lowest BCUT2D eigenvalue weighted by atomic mass is 10.1. The van der Waals surface area contributed by atoms with Crippen LogP contribution in [0.2, 0.25) is 0 Å². The van der Waals surface area contributed by atoms with Crippen LogP contribution in [0.4, 0.5) is 11.4 Å². The predicted molar refractivity (Wildman–Crippen MR) is 60.3 cm³/mol. The molecule has 0 fully saturated rings. The van der Waals surface area contributed by atoms with Gasteiger partial charge in [-0.05, 0) is 12.5 Å². The molecular formula is C9H13ClN2O3. The zero-order chi connectivity index (χ0) is 10.7. The molecule has 1 aromatic carbocycles. The van der Waals surface area contributed by atoms with Crippen LogP contribution in [0.25, 0.3) is 0 Å². The summed E-state index contributed by atoms with van der Waals surface area (Å²) in [5.41, 5.74) is 6.84. The summed E-state index contributed by atoms with van der Waals surface area (Å²) in [5.74, 6) is 0. The average Bonchev–Trinajstić information content (AvgIpc) is 2.11. The van der Waals surface area contributed by atoms with E-state index in [2.05, 4.69) is 0 Å². The average molecular weight is 233 g/mol. The number of aliphatic hydroxyl groups excluding tert-OH is 1. The van der Waals surface area contributed by atoms with E-state index < -0.39 is 4.92 Å². The lowest BCUT2D eigenvalue weighted by Crippen LogP contribution is -2.03. The first kappa shape index (κ1) is 13.7. The molecule has 0 spiro atoms. The van der Waals surface area contributed by atoms with E-state index in [9.17, 15) is 10.1 Å². The van der Waals surface area contributed by atoms with E-state index in [4.69, 9.17) is 10.8 Å². The molecule has 84 valence electrons. The number of nitro groups is 1. The number of halogens is 1. The smallest absolute Gasteiger partial charge is 0.295 e. The fraction of sp³-hybridized carbons (Fsp3) is 0.333. The van der Waals surface area contributed by atoms with Crippen LogP contribution in [0.1, 0.15) is 11.1 Å². The van der Waals surface area contributed by atoms with E-state index in [-0.39, 0.29) is 36.8 Å². The Morgan fingerprint density at radius 2 is 2.13 bits per heavy atom. The molecule has 0 aliphatic rings. The topological polar surface area (TPSA) is 89.4 Å². The maximum atomic E-state index is 10.7. The zero-order valence-corrected chi connectivity index (χ0v) is 9.08. The first-order valence-corrected chi connectivity index (χ1v) is 4.21. The van der Waals surface area contributed by atoms with Crippen molar-refractivity contribution >= 4 is 23.8 Å². The van der Waals surface area contributed by atoms with Crippen molar-refractivity contribution in [1.29, 1.82) is 0 Å². The minimum Gasteiger partial charge on any atom is -0.396 e. The fourth-order valence-electron chi connectivity index (χ4n) is 1.29. The van der Waals surface area contributed by atoms with Gasteiger partial charge in [-0.15, -0.1) is 12.4 Å². The molecule has 0 saturated carbocycles. The van der Waals surface area contributed by atoms with Crippen LogP contribution in [-0.2, 0) is 6.42 Å². The Kier molecular flexibility index (Phi) is 5.04. The zero-order valence-electron chi connectivity index (χ0n) is 8.27. The van der Waals surface area contributed by atoms with Gasteiger partial charge in [0, 0.05) is 18.6 Å². The van der Waals surface area contributed by atoms with Crippen molar-refractivity contribution in [2.45, 2.75) is 13.3 Å². The van der Waals surface area contributed by atoms with Gasteiger partial charge in [-0.2, -0.15) is 0 Å². The molecule has 0 bridgehead atoms. The van der Waals surface area contributed by atoms with Crippen molar-refractivity contribution in [3.8, 4) is 0 Å². The van der Waals surface area contributed by atoms with Gasteiger partial charge in [-0.3, -0.25) is 10.1 Å². The molecule has 1 rings (SSSR count). The maximum Gasteiger partial charge on any atom is 0.295 e. The second-order valence-electron chi connectivity index (χ2n) is 3.03. The Hall–Kier alpha value is -1.33. The van der Waals surface area contributed by atoms with Crippen molar-refractivity contribution in [1.82, 2.24) is 0 Å². The highest BCUT2D eigenvalue weighted by Gasteiger charge is 2.18. The minimum atomic E-state index is -0.507. The van der Waals surface area contributed by atoms with Gasteiger partial charge >= 0.3 is 0 Å². The molecule has 6 heteroatoms. The predicted octanol–water partition coefficient (Wildman–Crippen LogP) is 1.44. The van der Waals surface area contributed by atoms with Crippen LogP contribution >= 0.6 is 12.4 Å². The van der Waals surface area contributed by atoms with Gasteiger partial charge in [0.2, 0.25) is 0 Å². The summed E-state index contributed by atoms with van der Waals surface area (Å²) in [5, 5.41) is 19.4. The van der Waals surface area contributed by atoms with E-state index >= 15 is 0 Å². The molecule has 0 heterocycles. The van der Waals surface area contributed by atoms with Gasteiger partial charge in [-0.1, -0.05) is 12.1 Å². The highest BCUT2D eigenvalue weighted by molar-refractivity contribution is 5.85. The summed E-state index contributed by atoms with van der Waals surface area (Å²) in [6.45, 7) is 1.59. The maximum absolute atomic E-state index is 10.7. The Morgan fingerprint density at radius 1 is 1.53 bits per heavy atom. The standard InChI is InChI=1S/C9H12N2O3.ClH/c1-6-2-3-7(4-5-12)9(8(6)10)11(13)14;/h2-3,12H,4-5,10H2,1H3;1H.